The summed E-state index contributed by atoms with van der Waals surface area (Å²) in [4.78, 5) is 6.75. The smallest absolute Gasteiger partial charge is 0.193 e. The number of guanidine groups is 1. The van der Waals surface area contributed by atoms with Gasteiger partial charge in [0.25, 0.3) is 0 Å². The molecule has 2 aromatic rings. The first-order chi connectivity index (χ1) is 14.5. The van der Waals surface area contributed by atoms with Crippen molar-refractivity contribution in [1.82, 2.24) is 10.2 Å². The molecule has 0 radical (unpaired) electrons. The van der Waals surface area contributed by atoms with E-state index < -0.39 is 10.8 Å². The predicted molar refractivity (Wildman–Crippen MR) is 140 cm³/mol. The second-order valence-corrected chi connectivity index (χ2v) is 8.58. The highest BCUT2D eigenvalue weighted by Crippen LogP contribution is 2.30. The maximum Gasteiger partial charge on any atom is 0.193 e. The normalized spacial score (nSPS) is 12.0. The van der Waals surface area contributed by atoms with Crippen LogP contribution in [0.5, 0.6) is 11.5 Å². The van der Waals surface area contributed by atoms with Crippen molar-refractivity contribution in [3.8, 4) is 11.5 Å². The van der Waals surface area contributed by atoms with Gasteiger partial charge in [0.05, 0.1) is 20.8 Å². The van der Waals surface area contributed by atoms with E-state index in [0.29, 0.717) is 30.3 Å². The number of ether oxygens (including phenoxy) is 2. The number of nitrogens with zero attached hydrogens (tertiary/aromatic N) is 2. The molecular weight excluding hydrogens is 525 g/mol. The minimum absolute atomic E-state index is 0. The van der Waals surface area contributed by atoms with E-state index in [1.54, 1.807) is 14.2 Å². The molecule has 2 rings (SSSR count). The molecule has 6 nitrogen and oxygen atoms in total. The fourth-order valence-corrected chi connectivity index (χ4v) is 4.08. The van der Waals surface area contributed by atoms with Crippen LogP contribution in [-0.2, 0) is 23.1 Å². The highest BCUT2D eigenvalue weighted by atomic mass is 127. The molecular formula is C23H34IN3O3S. The van der Waals surface area contributed by atoms with Crippen LogP contribution in [0.4, 0.5) is 0 Å². The SMILES string of the molecule is CCNC(=NCCS(=O)Cc1ccccc1)N(C)Cc1cc(OC)c(OC)cc1C.I. The van der Waals surface area contributed by atoms with Gasteiger partial charge in [-0.15, -0.1) is 24.0 Å². The summed E-state index contributed by atoms with van der Waals surface area (Å²) in [5, 5.41) is 3.32. The molecule has 0 bridgehead atoms. The minimum atomic E-state index is -0.938. The van der Waals surface area contributed by atoms with Crippen LogP contribution in [0.15, 0.2) is 47.5 Å². The molecule has 8 heteroatoms. The highest BCUT2D eigenvalue weighted by molar-refractivity contribution is 14.0. The van der Waals surface area contributed by atoms with Crippen LogP contribution in [0.25, 0.3) is 0 Å². The zero-order chi connectivity index (χ0) is 21.9. The van der Waals surface area contributed by atoms with Gasteiger partial charge in [-0.05, 0) is 42.7 Å². The Balaban J connectivity index is 0.00000480. The van der Waals surface area contributed by atoms with Crippen molar-refractivity contribution in [3.63, 3.8) is 0 Å². The van der Waals surface area contributed by atoms with Gasteiger partial charge in [-0.2, -0.15) is 0 Å². The standard InChI is InChI=1S/C23H33N3O3S.HI/c1-6-24-23(25-12-13-30(27)17-19-10-8-7-9-11-19)26(3)16-20-15-22(29-5)21(28-4)14-18(20)2;/h7-11,14-15H,6,12-13,16-17H2,1-5H3,(H,24,25);1H. The van der Waals surface area contributed by atoms with Crippen LogP contribution in [-0.4, -0.2) is 55.2 Å². The van der Waals surface area contributed by atoms with Gasteiger partial charge in [0.15, 0.2) is 17.5 Å². The quantitative estimate of drug-likeness (QED) is 0.271. The molecule has 0 saturated heterocycles. The molecule has 2 aromatic carbocycles. The van der Waals surface area contributed by atoms with Gasteiger partial charge in [0.2, 0.25) is 0 Å². The van der Waals surface area contributed by atoms with Crippen molar-refractivity contribution < 1.29 is 13.7 Å². The van der Waals surface area contributed by atoms with Crippen LogP contribution in [0, 0.1) is 6.92 Å². The Bertz CT molecular complexity index is 863. The largest absolute Gasteiger partial charge is 0.493 e. The third-order valence-electron chi connectivity index (χ3n) is 4.70. The van der Waals surface area contributed by atoms with Crippen molar-refractivity contribution in [2.75, 3.05) is 40.1 Å². The molecule has 0 spiro atoms. The molecule has 1 atom stereocenters. The fraction of sp³-hybridized carbons (Fsp3) is 0.435. The second-order valence-electron chi connectivity index (χ2n) is 7.00. The van der Waals surface area contributed by atoms with Gasteiger partial charge in [-0.3, -0.25) is 9.20 Å². The summed E-state index contributed by atoms with van der Waals surface area (Å²) in [6.45, 7) is 6.05. The second kappa shape index (κ2) is 14.3. The predicted octanol–water partition coefficient (Wildman–Crippen LogP) is 3.98. The number of aliphatic imine (C=N–C) groups is 1. The fourth-order valence-electron chi connectivity index (χ4n) is 3.08. The highest BCUT2D eigenvalue weighted by Gasteiger charge is 2.13. The summed E-state index contributed by atoms with van der Waals surface area (Å²) in [7, 11) is 4.34. The number of rotatable bonds is 10. The number of nitrogens with one attached hydrogen (secondary N) is 1. The average Bonchev–Trinajstić information content (AvgIpc) is 2.74. The Hall–Kier alpha value is -1.81. The number of hydrogen-bond donors (Lipinski definition) is 1. The number of methoxy groups -OCH3 is 2. The van der Waals surface area contributed by atoms with E-state index in [1.807, 2.05) is 56.4 Å². The van der Waals surface area contributed by atoms with E-state index in [4.69, 9.17) is 9.47 Å². The molecule has 0 aliphatic heterocycles. The van der Waals surface area contributed by atoms with Crippen LogP contribution in [0.1, 0.15) is 23.6 Å². The molecule has 0 heterocycles. The first kappa shape index (κ1) is 27.2. The van der Waals surface area contributed by atoms with Crippen molar-refractivity contribution in [2.24, 2.45) is 4.99 Å². The van der Waals surface area contributed by atoms with Crippen LogP contribution < -0.4 is 14.8 Å². The van der Waals surface area contributed by atoms with Crippen LogP contribution in [0.2, 0.25) is 0 Å². The first-order valence-corrected chi connectivity index (χ1v) is 11.6. The maximum atomic E-state index is 12.4. The minimum Gasteiger partial charge on any atom is -0.493 e. The molecule has 0 amide bonds. The number of hydrogen-bond acceptors (Lipinski definition) is 4. The van der Waals surface area contributed by atoms with Crippen LogP contribution in [0.3, 0.4) is 0 Å². The maximum absolute atomic E-state index is 12.4. The Morgan fingerprint density at radius 2 is 1.77 bits per heavy atom. The molecule has 0 aromatic heterocycles. The molecule has 1 N–H and O–H groups in total. The van der Waals surface area contributed by atoms with Gasteiger partial charge in [-0.25, -0.2) is 0 Å². The lowest BCUT2D eigenvalue weighted by molar-refractivity contribution is 0.353. The van der Waals surface area contributed by atoms with Crippen molar-refractivity contribution in [2.45, 2.75) is 26.1 Å². The summed E-state index contributed by atoms with van der Waals surface area (Å²) in [6.07, 6.45) is 0. The third kappa shape index (κ3) is 8.68. The van der Waals surface area contributed by atoms with E-state index in [9.17, 15) is 4.21 Å². The van der Waals surface area contributed by atoms with Crippen molar-refractivity contribution >= 4 is 40.7 Å². The third-order valence-corrected chi connectivity index (χ3v) is 5.99. The Morgan fingerprint density at radius 1 is 1.13 bits per heavy atom. The van der Waals surface area contributed by atoms with Crippen molar-refractivity contribution in [3.05, 3.63) is 59.2 Å². The zero-order valence-corrected chi connectivity index (χ0v) is 22.2. The van der Waals surface area contributed by atoms with Gasteiger partial charge >= 0.3 is 0 Å². The van der Waals surface area contributed by atoms with Crippen LogP contribution >= 0.6 is 24.0 Å². The zero-order valence-electron chi connectivity index (χ0n) is 19.0. The molecule has 31 heavy (non-hydrogen) atoms. The van der Waals surface area contributed by atoms with E-state index in [1.165, 1.54) is 0 Å². The molecule has 0 saturated carbocycles. The van der Waals surface area contributed by atoms with Crippen molar-refractivity contribution in [1.29, 1.82) is 0 Å². The Kier molecular flexibility index (Phi) is 12.5. The summed E-state index contributed by atoms with van der Waals surface area (Å²) in [5.74, 6) is 3.33. The van der Waals surface area contributed by atoms with E-state index in [0.717, 1.165) is 34.9 Å². The number of halogens is 1. The lowest BCUT2D eigenvalue weighted by atomic mass is 10.1. The lowest BCUT2D eigenvalue weighted by Crippen LogP contribution is -2.38. The molecule has 0 aliphatic rings. The average molecular weight is 560 g/mol. The Labute approximate surface area is 205 Å². The van der Waals surface area contributed by atoms with E-state index in [-0.39, 0.29) is 24.0 Å². The molecule has 172 valence electrons. The summed E-state index contributed by atoms with van der Waals surface area (Å²) >= 11 is 0. The van der Waals surface area contributed by atoms with Gasteiger partial charge in [0.1, 0.15) is 0 Å². The van der Waals surface area contributed by atoms with E-state index in [2.05, 4.69) is 22.1 Å². The topological polar surface area (TPSA) is 63.2 Å². The summed E-state index contributed by atoms with van der Waals surface area (Å²) in [6, 6.07) is 13.9. The van der Waals surface area contributed by atoms with E-state index >= 15 is 0 Å². The number of benzene rings is 2. The summed E-state index contributed by atoms with van der Waals surface area (Å²) < 4.78 is 23.2. The summed E-state index contributed by atoms with van der Waals surface area (Å²) in [5.41, 5.74) is 3.35. The lowest BCUT2D eigenvalue weighted by Gasteiger charge is -2.23. The molecule has 0 aliphatic carbocycles. The monoisotopic (exact) mass is 559 g/mol. The molecule has 1 unspecified atom stereocenters. The first-order valence-electron chi connectivity index (χ1n) is 10.1. The number of aryl methyl sites for hydroxylation is 1. The Morgan fingerprint density at radius 3 is 2.39 bits per heavy atom. The molecule has 0 fully saturated rings. The van der Waals surface area contributed by atoms with Gasteiger partial charge in [-0.1, -0.05) is 30.3 Å². The van der Waals surface area contributed by atoms with Gasteiger partial charge < -0.3 is 19.7 Å². The van der Waals surface area contributed by atoms with Gasteiger partial charge in [0, 0.05) is 42.4 Å².